The van der Waals surface area contributed by atoms with Crippen LogP contribution < -0.4 is 5.32 Å². The molecule has 3 aromatic heterocycles. The van der Waals surface area contributed by atoms with Crippen molar-refractivity contribution in [2.75, 3.05) is 5.32 Å². The summed E-state index contributed by atoms with van der Waals surface area (Å²) < 4.78 is 76.0. The molecule has 0 unspecified atom stereocenters. The van der Waals surface area contributed by atoms with Crippen molar-refractivity contribution in [1.82, 2.24) is 29.8 Å². The first-order chi connectivity index (χ1) is 11.1. The third-order valence-corrected chi connectivity index (χ3v) is 2.89. The highest BCUT2D eigenvalue weighted by molar-refractivity contribution is 5.44. The second kappa shape index (κ2) is 5.35. The fraction of sp³-hybridized carbons (Fsp3) is 0.273. The zero-order valence-corrected chi connectivity index (χ0v) is 11.4. The van der Waals surface area contributed by atoms with Gasteiger partial charge in [0.2, 0.25) is 0 Å². The summed E-state index contributed by atoms with van der Waals surface area (Å²) >= 11 is 0. The first-order valence-corrected chi connectivity index (χ1v) is 6.29. The van der Waals surface area contributed by atoms with Crippen LogP contribution >= 0.6 is 0 Å². The molecule has 0 radical (unpaired) electrons. The van der Waals surface area contributed by atoms with Gasteiger partial charge in [-0.15, -0.1) is 15.3 Å². The summed E-state index contributed by atoms with van der Waals surface area (Å²) in [5, 5.41) is 12.6. The number of rotatable bonds is 3. The average Bonchev–Trinajstić information content (AvgIpc) is 3.10. The Morgan fingerprint density at radius 1 is 1.04 bits per heavy atom. The van der Waals surface area contributed by atoms with E-state index in [2.05, 4.69) is 30.6 Å². The van der Waals surface area contributed by atoms with Crippen LogP contribution in [0.5, 0.6) is 0 Å². The van der Waals surface area contributed by atoms with E-state index in [1.807, 2.05) is 0 Å². The van der Waals surface area contributed by atoms with E-state index in [-0.39, 0.29) is 23.8 Å². The molecule has 128 valence electrons. The van der Waals surface area contributed by atoms with Gasteiger partial charge in [0.1, 0.15) is 17.3 Å². The molecular weight excluding hydrogens is 344 g/mol. The Morgan fingerprint density at radius 3 is 2.42 bits per heavy atom. The van der Waals surface area contributed by atoms with Gasteiger partial charge in [-0.2, -0.15) is 30.9 Å². The molecular formula is C11H7F6N7. The molecule has 3 heterocycles. The van der Waals surface area contributed by atoms with E-state index in [0.717, 1.165) is 0 Å². The minimum atomic E-state index is -4.74. The van der Waals surface area contributed by atoms with Gasteiger partial charge in [0.15, 0.2) is 5.65 Å². The van der Waals surface area contributed by atoms with Crippen LogP contribution in [0.4, 0.5) is 32.2 Å². The van der Waals surface area contributed by atoms with Crippen LogP contribution in [0.1, 0.15) is 17.3 Å². The summed E-state index contributed by atoms with van der Waals surface area (Å²) in [7, 11) is 0. The minimum absolute atomic E-state index is 0.0160. The number of imidazole rings is 1. The van der Waals surface area contributed by atoms with Crippen molar-refractivity contribution in [3.63, 3.8) is 0 Å². The predicted molar refractivity (Wildman–Crippen MR) is 66.7 cm³/mol. The highest BCUT2D eigenvalue weighted by Gasteiger charge is 2.37. The van der Waals surface area contributed by atoms with E-state index in [9.17, 15) is 26.3 Å². The normalized spacial score (nSPS) is 12.8. The topological polar surface area (TPSA) is 83.8 Å². The fourth-order valence-corrected chi connectivity index (χ4v) is 1.83. The Hall–Kier alpha value is -2.86. The average molecular weight is 351 g/mol. The summed E-state index contributed by atoms with van der Waals surface area (Å²) in [5.74, 6) is -1.37. The van der Waals surface area contributed by atoms with Crippen LogP contribution in [0.25, 0.3) is 5.65 Å². The van der Waals surface area contributed by atoms with Crippen molar-refractivity contribution in [1.29, 1.82) is 0 Å². The van der Waals surface area contributed by atoms with E-state index in [0.29, 0.717) is 10.7 Å². The summed E-state index contributed by atoms with van der Waals surface area (Å²) in [6, 6.07) is 2.55. The number of nitrogens with one attached hydrogen (secondary N) is 2. The molecule has 0 aliphatic carbocycles. The van der Waals surface area contributed by atoms with Gasteiger partial charge in [0.25, 0.3) is 5.82 Å². The Labute approximate surface area is 128 Å². The van der Waals surface area contributed by atoms with Crippen LogP contribution in [0, 0.1) is 0 Å². The van der Waals surface area contributed by atoms with Gasteiger partial charge in [-0.1, -0.05) is 0 Å². The molecule has 0 aromatic carbocycles. The number of nitrogens with zero attached hydrogens (tertiary/aromatic N) is 5. The molecule has 0 aliphatic rings. The minimum Gasteiger partial charge on any atom is -0.361 e. The van der Waals surface area contributed by atoms with E-state index in [1.54, 1.807) is 0 Å². The number of anilines is 1. The summed E-state index contributed by atoms with van der Waals surface area (Å²) in [6.45, 7) is -0.196. The van der Waals surface area contributed by atoms with Crippen molar-refractivity contribution >= 4 is 11.5 Å². The van der Waals surface area contributed by atoms with E-state index in [4.69, 9.17) is 0 Å². The Bertz CT molecular complexity index is 862. The van der Waals surface area contributed by atoms with Crippen LogP contribution in [-0.4, -0.2) is 29.8 Å². The molecule has 0 atom stereocenters. The summed E-state index contributed by atoms with van der Waals surface area (Å²) in [5.41, 5.74) is -1.15. The third kappa shape index (κ3) is 3.09. The maximum absolute atomic E-state index is 12.7. The maximum atomic E-state index is 12.7. The van der Waals surface area contributed by atoms with E-state index >= 15 is 0 Å². The Morgan fingerprint density at radius 2 is 1.79 bits per heavy atom. The molecule has 3 aromatic rings. The molecule has 3 rings (SSSR count). The Kier molecular flexibility index (Phi) is 3.57. The number of aromatic amines is 1. The van der Waals surface area contributed by atoms with Crippen LogP contribution in [0.2, 0.25) is 0 Å². The standard InChI is InChI=1S/C11H7F6N7/c12-10(13,14)5-3-18-7(20-5)4-19-6-1-2-8-21-22-9(11(15,16)17)24(8)23-6/h1-3H,4H2,(H,18,20)(H,19,23). The van der Waals surface area contributed by atoms with Gasteiger partial charge in [-0.25, -0.2) is 4.98 Å². The van der Waals surface area contributed by atoms with Crippen molar-refractivity contribution in [2.45, 2.75) is 18.9 Å². The second-order valence-electron chi connectivity index (χ2n) is 4.60. The lowest BCUT2D eigenvalue weighted by Crippen LogP contribution is -2.13. The van der Waals surface area contributed by atoms with Crippen LogP contribution in [0.15, 0.2) is 18.3 Å². The van der Waals surface area contributed by atoms with Crippen LogP contribution in [0.3, 0.4) is 0 Å². The molecule has 24 heavy (non-hydrogen) atoms. The molecule has 0 fully saturated rings. The lowest BCUT2D eigenvalue weighted by Gasteiger charge is -2.06. The van der Waals surface area contributed by atoms with Gasteiger partial charge in [0.05, 0.1) is 12.7 Å². The number of fused-ring (bicyclic) bond motifs is 1. The van der Waals surface area contributed by atoms with Crippen molar-refractivity contribution in [3.05, 3.63) is 35.7 Å². The molecule has 0 amide bonds. The van der Waals surface area contributed by atoms with Gasteiger partial charge >= 0.3 is 12.4 Å². The number of aromatic nitrogens is 6. The number of alkyl halides is 6. The SMILES string of the molecule is FC(F)(F)c1cnc(CNc2ccc3nnc(C(F)(F)F)n3n2)[nH]1. The second-order valence-corrected chi connectivity index (χ2v) is 4.60. The number of H-pyrrole nitrogens is 1. The number of hydrogen-bond donors (Lipinski definition) is 2. The van der Waals surface area contributed by atoms with Gasteiger partial charge < -0.3 is 10.3 Å². The molecule has 0 saturated carbocycles. The van der Waals surface area contributed by atoms with Gasteiger partial charge in [-0.3, -0.25) is 0 Å². The lowest BCUT2D eigenvalue weighted by molar-refractivity contribution is -0.146. The quantitative estimate of drug-likeness (QED) is 0.709. The van der Waals surface area contributed by atoms with Crippen LogP contribution in [-0.2, 0) is 18.9 Å². The highest BCUT2D eigenvalue weighted by Crippen LogP contribution is 2.28. The summed E-state index contributed by atoms with van der Waals surface area (Å²) in [6.07, 6.45) is -8.69. The maximum Gasteiger partial charge on any atom is 0.453 e. The predicted octanol–water partition coefficient (Wildman–Crippen LogP) is 2.50. The van der Waals surface area contributed by atoms with E-state index < -0.39 is 23.9 Å². The van der Waals surface area contributed by atoms with E-state index in [1.165, 1.54) is 12.1 Å². The zero-order valence-electron chi connectivity index (χ0n) is 11.4. The molecule has 0 bridgehead atoms. The Balaban J connectivity index is 1.79. The molecule has 0 spiro atoms. The molecule has 13 heteroatoms. The van der Waals surface area contributed by atoms with Gasteiger partial charge in [-0.05, 0) is 12.1 Å². The van der Waals surface area contributed by atoms with Crippen molar-refractivity contribution in [2.24, 2.45) is 0 Å². The largest absolute Gasteiger partial charge is 0.453 e. The molecule has 7 nitrogen and oxygen atoms in total. The lowest BCUT2D eigenvalue weighted by atomic mass is 10.4. The van der Waals surface area contributed by atoms with Gasteiger partial charge in [0, 0.05) is 0 Å². The zero-order chi connectivity index (χ0) is 17.5. The first-order valence-electron chi connectivity index (χ1n) is 6.29. The fourth-order valence-electron chi connectivity index (χ4n) is 1.83. The first kappa shape index (κ1) is 16.0. The third-order valence-electron chi connectivity index (χ3n) is 2.89. The molecule has 0 aliphatic heterocycles. The van der Waals surface area contributed by atoms with Crippen molar-refractivity contribution < 1.29 is 26.3 Å². The monoisotopic (exact) mass is 351 g/mol. The highest BCUT2D eigenvalue weighted by atomic mass is 19.4. The summed E-state index contributed by atoms with van der Waals surface area (Å²) in [4.78, 5) is 5.58. The molecule has 2 N–H and O–H groups in total. The molecule has 0 saturated heterocycles. The van der Waals surface area contributed by atoms with Crippen molar-refractivity contribution in [3.8, 4) is 0 Å². The smallest absolute Gasteiger partial charge is 0.361 e. The number of hydrogen-bond acceptors (Lipinski definition) is 5. The number of halogens is 6.